The number of halogens is 4. The lowest BCUT2D eigenvalue weighted by Gasteiger charge is -2.19. The molecular formula is C21H22ClF3NO9P. The maximum Gasteiger partial charge on any atom is 0.416 e. The van der Waals surface area contributed by atoms with Crippen molar-refractivity contribution in [3.8, 4) is 17.2 Å². The Morgan fingerprint density at radius 1 is 1.11 bits per heavy atom. The number of carbonyl (C=O) groups is 1. The van der Waals surface area contributed by atoms with Crippen LogP contribution in [-0.2, 0) is 29.3 Å². The first-order valence-corrected chi connectivity index (χ1v) is 12.4. The van der Waals surface area contributed by atoms with Gasteiger partial charge in [-0.3, -0.25) is 14.7 Å². The van der Waals surface area contributed by atoms with Crippen LogP contribution in [0.2, 0.25) is 5.02 Å². The summed E-state index contributed by atoms with van der Waals surface area (Å²) in [5, 5.41) is 11.0. The first kappa shape index (κ1) is 29.4. The molecule has 0 N–H and O–H groups in total. The second-order valence-corrected chi connectivity index (χ2v) is 9.33. The molecule has 1 unspecified atom stereocenters. The molecule has 15 heteroatoms. The van der Waals surface area contributed by atoms with Gasteiger partial charge in [0.1, 0.15) is 11.5 Å². The van der Waals surface area contributed by atoms with E-state index in [0.717, 1.165) is 24.3 Å². The lowest BCUT2D eigenvalue weighted by molar-refractivity contribution is -0.386. The van der Waals surface area contributed by atoms with Crippen molar-refractivity contribution in [3.63, 3.8) is 0 Å². The number of ether oxygens (including phenoxy) is 3. The van der Waals surface area contributed by atoms with Crippen molar-refractivity contribution >= 4 is 30.9 Å². The average Bonchev–Trinajstić information content (AvgIpc) is 2.78. The summed E-state index contributed by atoms with van der Waals surface area (Å²) in [5.41, 5.74) is -1.52. The zero-order chi connectivity index (χ0) is 27.1. The number of nitro benzene ring substituents is 1. The Balaban J connectivity index is 2.20. The number of alkyl halides is 3. The lowest BCUT2D eigenvalue weighted by Crippen LogP contribution is -2.27. The molecule has 0 bridgehead atoms. The minimum absolute atomic E-state index is 0.0445. The Morgan fingerprint density at radius 2 is 1.75 bits per heavy atom. The standard InChI is InChI=1S/C21H22ClF3NO9P/c1-4-32-36(30,33-5-2)12-31-20(27)13(3)34-19-11-15(7-8-17(19)26(28)29)35-18-9-6-14(10-16(18)22)21(23,24)25/h6-11,13H,4-5,12H2,1-3H3. The maximum absolute atomic E-state index is 12.8. The molecular weight excluding hydrogens is 534 g/mol. The molecule has 1 atom stereocenters. The number of nitrogens with zero attached hydrogens (tertiary/aromatic N) is 1. The van der Waals surface area contributed by atoms with Crippen LogP contribution in [0.15, 0.2) is 36.4 Å². The zero-order valence-corrected chi connectivity index (χ0v) is 20.9. The smallest absolute Gasteiger partial charge is 0.416 e. The van der Waals surface area contributed by atoms with Gasteiger partial charge in [0.05, 0.1) is 28.7 Å². The molecule has 2 aromatic carbocycles. The largest absolute Gasteiger partial charge is 0.472 e. The second-order valence-electron chi connectivity index (χ2n) is 6.93. The van der Waals surface area contributed by atoms with Crippen LogP contribution in [-0.4, -0.2) is 36.6 Å². The van der Waals surface area contributed by atoms with Crippen LogP contribution in [0.3, 0.4) is 0 Å². The van der Waals surface area contributed by atoms with E-state index < -0.39 is 54.1 Å². The Morgan fingerprint density at radius 3 is 2.28 bits per heavy atom. The van der Waals surface area contributed by atoms with Gasteiger partial charge in [-0.05, 0) is 45.0 Å². The lowest BCUT2D eigenvalue weighted by atomic mass is 10.2. The van der Waals surface area contributed by atoms with Crippen molar-refractivity contribution < 1.29 is 50.7 Å². The normalized spacial score (nSPS) is 12.6. The van der Waals surface area contributed by atoms with Crippen LogP contribution in [0.25, 0.3) is 0 Å². The van der Waals surface area contributed by atoms with Crippen LogP contribution in [0.1, 0.15) is 26.3 Å². The molecule has 0 aliphatic carbocycles. The van der Waals surface area contributed by atoms with Gasteiger partial charge in [-0.25, -0.2) is 4.79 Å². The summed E-state index contributed by atoms with van der Waals surface area (Å²) in [6.07, 6.45) is -6.70. The van der Waals surface area contributed by atoms with E-state index in [1.807, 2.05) is 0 Å². The summed E-state index contributed by atoms with van der Waals surface area (Å²) in [5.74, 6) is -1.64. The summed E-state index contributed by atoms with van der Waals surface area (Å²) in [6.45, 7) is 4.47. The Hall–Kier alpha value is -2.86. The van der Waals surface area contributed by atoms with Gasteiger partial charge in [-0.2, -0.15) is 13.2 Å². The Bertz CT molecular complexity index is 1140. The molecule has 0 radical (unpaired) electrons. The fraction of sp³-hybridized carbons (Fsp3) is 0.381. The van der Waals surface area contributed by atoms with Crippen LogP contribution in [0.4, 0.5) is 18.9 Å². The van der Waals surface area contributed by atoms with Gasteiger partial charge in [0.25, 0.3) is 0 Å². The van der Waals surface area contributed by atoms with Crippen molar-refractivity contribution in [2.75, 3.05) is 19.6 Å². The molecule has 0 aliphatic heterocycles. The van der Waals surface area contributed by atoms with E-state index in [9.17, 15) is 32.6 Å². The first-order chi connectivity index (χ1) is 16.8. The third-order valence-electron chi connectivity index (χ3n) is 4.27. The number of esters is 1. The average molecular weight is 556 g/mol. The van der Waals surface area contributed by atoms with Gasteiger partial charge < -0.3 is 23.3 Å². The highest BCUT2D eigenvalue weighted by Gasteiger charge is 2.31. The van der Waals surface area contributed by atoms with Gasteiger partial charge in [-0.1, -0.05) is 11.6 Å². The molecule has 2 aromatic rings. The third kappa shape index (κ3) is 8.09. The van der Waals surface area contributed by atoms with Crippen molar-refractivity contribution in [3.05, 3.63) is 57.1 Å². The molecule has 2 rings (SSSR count). The Labute approximate surface area is 208 Å². The van der Waals surface area contributed by atoms with Crippen LogP contribution < -0.4 is 9.47 Å². The molecule has 0 aliphatic rings. The molecule has 10 nitrogen and oxygen atoms in total. The zero-order valence-electron chi connectivity index (χ0n) is 19.2. The molecule has 0 saturated heterocycles. The molecule has 36 heavy (non-hydrogen) atoms. The molecule has 0 aromatic heterocycles. The molecule has 0 saturated carbocycles. The van der Waals surface area contributed by atoms with Gasteiger partial charge in [0.15, 0.2) is 12.5 Å². The minimum atomic E-state index is -4.61. The van der Waals surface area contributed by atoms with Crippen LogP contribution >= 0.6 is 19.2 Å². The third-order valence-corrected chi connectivity index (χ3v) is 6.31. The van der Waals surface area contributed by atoms with Crippen LogP contribution in [0, 0.1) is 10.1 Å². The van der Waals surface area contributed by atoms with Crippen molar-refractivity contribution in [1.82, 2.24) is 0 Å². The number of carbonyl (C=O) groups excluding carboxylic acids is 1. The summed E-state index contributed by atoms with van der Waals surface area (Å²) in [4.78, 5) is 23.0. The fourth-order valence-corrected chi connectivity index (χ4v) is 4.21. The summed E-state index contributed by atoms with van der Waals surface area (Å²) >= 11 is 5.88. The molecule has 0 amide bonds. The van der Waals surface area contributed by atoms with E-state index in [0.29, 0.717) is 6.07 Å². The highest BCUT2D eigenvalue weighted by molar-refractivity contribution is 7.53. The summed E-state index contributed by atoms with van der Waals surface area (Å²) < 4.78 is 76.7. The minimum Gasteiger partial charge on any atom is -0.472 e. The predicted octanol–water partition coefficient (Wildman–Crippen LogP) is 6.59. The molecule has 0 fully saturated rings. The Kier molecular flexibility index (Phi) is 10.1. The van der Waals surface area contributed by atoms with E-state index in [1.54, 1.807) is 13.8 Å². The number of rotatable bonds is 12. The number of hydrogen-bond acceptors (Lipinski definition) is 9. The topological polar surface area (TPSA) is 123 Å². The first-order valence-electron chi connectivity index (χ1n) is 10.3. The van der Waals surface area contributed by atoms with E-state index >= 15 is 0 Å². The highest BCUT2D eigenvalue weighted by Crippen LogP contribution is 2.48. The highest BCUT2D eigenvalue weighted by atomic mass is 35.5. The monoisotopic (exact) mass is 555 g/mol. The summed E-state index contributed by atoms with van der Waals surface area (Å²) in [7, 11) is -3.70. The maximum atomic E-state index is 12.8. The number of benzene rings is 2. The quantitative estimate of drug-likeness (QED) is 0.123. The van der Waals surface area contributed by atoms with Gasteiger partial charge >= 0.3 is 25.4 Å². The van der Waals surface area contributed by atoms with E-state index in [2.05, 4.69) is 0 Å². The summed E-state index contributed by atoms with van der Waals surface area (Å²) in [6, 6.07) is 5.65. The van der Waals surface area contributed by atoms with Crippen molar-refractivity contribution in [2.45, 2.75) is 33.1 Å². The number of hydrogen-bond donors (Lipinski definition) is 0. The molecule has 0 heterocycles. The van der Waals surface area contributed by atoms with E-state index in [-0.39, 0.29) is 29.7 Å². The van der Waals surface area contributed by atoms with E-state index in [4.69, 9.17) is 34.9 Å². The van der Waals surface area contributed by atoms with Gasteiger partial charge in [0.2, 0.25) is 5.75 Å². The van der Waals surface area contributed by atoms with Gasteiger partial charge in [0, 0.05) is 12.1 Å². The predicted molar refractivity (Wildman–Crippen MR) is 122 cm³/mol. The number of nitro groups is 1. The second kappa shape index (κ2) is 12.4. The van der Waals surface area contributed by atoms with Crippen molar-refractivity contribution in [2.24, 2.45) is 0 Å². The molecule has 0 spiro atoms. The fourth-order valence-electron chi connectivity index (χ4n) is 2.69. The van der Waals surface area contributed by atoms with Crippen LogP contribution in [0.5, 0.6) is 17.2 Å². The SMILES string of the molecule is CCOP(=O)(COC(=O)C(C)Oc1cc(Oc2ccc(C(F)(F)F)cc2Cl)ccc1[N+](=O)[O-])OCC. The van der Waals surface area contributed by atoms with E-state index in [1.165, 1.54) is 13.0 Å². The molecule has 198 valence electrons. The van der Waals surface area contributed by atoms with Crippen molar-refractivity contribution in [1.29, 1.82) is 0 Å². The van der Waals surface area contributed by atoms with Gasteiger partial charge in [-0.15, -0.1) is 0 Å².